The van der Waals surface area contributed by atoms with Gasteiger partial charge in [0.1, 0.15) is 6.29 Å². The Morgan fingerprint density at radius 2 is 2.11 bits per heavy atom. The molecule has 0 amide bonds. The highest BCUT2D eigenvalue weighted by molar-refractivity contribution is 8.00. The molecule has 19 heavy (non-hydrogen) atoms. The Labute approximate surface area is 121 Å². The maximum absolute atomic E-state index is 10.8. The summed E-state index contributed by atoms with van der Waals surface area (Å²) in [4.78, 5) is 13.4. The Bertz CT molecular complexity index is 595. The standard InChI is InChI=1S/C16H14OS2/c17-9-12-4-3-5-14(8-12)18-10-13-11-19-16-7-2-1-6-15(13)16/h1-9,13H,10-11H2. The van der Waals surface area contributed by atoms with Gasteiger partial charge in [0.05, 0.1) is 0 Å². The van der Waals surface area contributed by atoms with Crippen molar-refractivity contribution in [2.75, 3.05) is 11.5 Å². The van der Waals surface area contributed by atoms with E-state index in [0.717, 1.165) is 17.6 Å². The van der Waals surface area contributed by atoms with Crippen molar-refractivity contribution in [1.82, 2.24) is 0 Å². The SMILES string of the molecule is O=Cc1cccc(SCC2CSc3ccccc32)c1. The van der Waals surface area contributed by atoms with E-state index in [1.807, 2.05) is 41.7 Å². The summed E-state index contributed by atoms with van der Waals surface area (Å²) in [5.74, 6) is 2.86. The molecule has 0 bridgehead atoms. The molecule has 2 aromatic rings. The van der Waals surface area contributed by atoms with Crippen molar-refractivity contribution < 1.29 is 4.79 Å². The van der Waals surface area contributed by atoms with Gasteiger partial charge in [0.15, 0.2) is 0 Å². The van der Waals surface area contributed by atoms with Crippen LogP contribution >= 0.6 is 23.5 Å². The molecule has 0 saturated carbocycles. The molecule has 1 nitrogen and oxygen atoms in total. The van der Waals surface area contributed by atoms with Crippen molar-refractivity contribution in [3.63, 3.8) is 0 Å². The molecule has 0 aliphatic carbocycles. The average molecular weight is 286 g/mol. The van der Waals surface area contributed by atoms with Crippen LogP contribution in [0.15, 0.2) is 58.3 Å². The van der Waals surface area contributed by atoms with Crippen LogP contribution in [0.5, 0.6) is 0 Å². The van der Waals surface area contributed by atoms with Gasteiger partial charge in [-0.2, -0.15) is 0 Å². The van der Waals surface area contributed by atoms with E-state index in [2.05, 4.69) is 30.3 Å². The lowest BCUT2D eigenvalue weighted by molar-refractivity contribution is 0.112. The predicted molar refractivity (Wildman–Crippen MR) is 82.5 cm³/mol. The van der Waals surface area contributed by atoms with Crippen LogP contribution in [-0.4, -0.2) is 17.8 Å². The molecule has 1 aliphatic heterocycles. The van der Waals surface area contributed by atoms with Gasteiger partial charge in [0.2, 0.25) is 0 Å². The van der Waals surface area contributed by atoms with Crippen LogP contribution in [0.25, 0.3) is 0 Å². The molecule has 0 aromatic heterocycles. The molecule has 1 atom stereocenters. The third-order valence-electron chi connectivity index (χ3n) is 3.24. The zero-order chi connectivity index (χ0) is 13.1. The number of carbonyl (C=O) groups is 1. The highest BCUT2D eigenvalue weighted by Crippen LogP contribution is 2.41. The molecular formula is C16H14OS2. The molecular weight excluding hydrogens is 272 g/mol. The number of fused-ring (bicyclic) bond motifs is 1. The second-order valence-electron chi connectivity index (χ2n) is 4.55. The maximum atomic E-state index is 10.8. The maximum Gasteiger partial charge on any atom is 0.150 e. The highest BCUT2D eigenvalue weighted by Gasteiger charge is 2.22. The molecule has 3 rings (SSSR count). The van der Waals surface area contributed by atoms with Crippen LogP contribution in [0.2, 0.25) is 0 Å². The molecule has 1 aliphatic rings. The number of hydrogen-bond donors (Lipinski definition) is 0. The van der Waals surface area contributed by atoms with Gasteiger partial charge in [0, 0.05) is 32.8 Å². The third kappa shape index (κ3) is 2.88. The van der Waals surface area contributed by atoms with E-state index < -0.39 is 0 Å². The molecule has 1 unspecified atom stereocenters. The summed E-state index contributed by atoms with van der Waals surface area (Å²) in [6.07, 6.45) is 0.908. The van der Waals surface area contributed by atoms with Gasteiger partial charge in [-0.3, -0.25) is 4.79 Å². The topological polar surface area (TPSA) is 17.1 Å². The fourth-order valence-electron chi connectivity index (χ4n) is 2.24. The number of carbonyl (C=O) groups excluding carboxylic acids is 1. The first-order chi connectivity index (χ1) is 9.36. The minimum atomic E-state index is 0.617. The first-order valence-electron chi connectivity index (χ1n) is 6.26. The summed E-state index contributed by atoms with van der Waals surface area (Å²) in [6.45, 7) is 0. The molecule has 1 heterocycles. The van der Waals surface area contributed by atoms with Crippen LogP contribution in [0.3, 0.4) is 0 Å². The van der Waals surface area contributed by atoms with E-state index >= 15 is 0 Å². The molecule has 0 spiro atoms. The second-order valence-corrected chi connectivity index (χ2v) is 6.70. The van der Waals surface area contributed by atoms with E-state index in [1.54, 1.807) is 0 Å². The summed E-state index contributed by atoms with van der Waals surface area (Å²) in [6, 6.07) is 16.5. The average Bonchev–Trinajstić information content (AvgIpc) is 2.89. The number of benzene rings is 2. The zero-order valence-electron chi connectivity index (χ0n) is 10.4. The first-order valence-corrected chi connectivity index (χ1v) is 8.24. The van der Waals surface area contributed by atoms with Gasteiger partial charge in [-0.15, -0.1) is 23.5 Å². The van der Waals surface area contributed by atoms with Crippen molar-refractivity contribution in [2.24, 2.45) is 0 Å². The van der Waals surface area contributed by atoms with E-state index in [1.165, 1.54) is 21.1 Å². The van der Waals surface area contributed by atoms with Gasteiger partial charge in [0.25, 0.3) is 0 Å². The van der Waals surface area contributed by atoms with Gasteiger partial charge in [-0.25, -0.2) is 0 Å². The van der Waals surface area contributed by atoms with Crippen molar-refractivity contribution in [3.05, 3.63) is 59.7 Å². The first kappa shape index (κ1) is 12.8. The normalized spacial score (nSPS) is 17.2. The van der Waals surface area contributed by atoms with Crippen LogP contribution < -0.4 is 0 Å². The van der Waals surface area contributed by atoms with E-state index in [0.29, 0.717) is 5.92 Å². The predicted octanol–water partition coefficient (Wildman–Crippen LogP) is 4.48. The molecule has 0 fully saturated rings. The molecule has 2 aromatic carbocycles. The Hall–Kier alpha value is -1.19. The summed E-state index contributed by atoms with van der Waals surface area (Å²) < 4.78 is 0. The van der Waals surface area contributed by atoms with Gasteiger partial charge >= 0.3 is 0 Å². The monoisotopic (exact) mass is 286 g/mol. The van der Waals surface area contributed by atoms with Gasteiger partial charge < -0.3 is 0 Å². The zero-order valence-corrected chi connectivity index (χ0v) is 12.0. The van der Waals surface area contributed by atoms with Crippen molar-refractivity contribution in [2.45, 2.75) is 15.7 Å². The van der Waals surface area contributed by atoms with Crippen LogP contribution in [0.4, 0.5) is 0 Å². The number of aldehydes is 1. The number of hydrogen-bond acceptors (Lipinski definition) is 3. The minimum Gasteiger partial charge on any atom is -0.298 e. The number of thioether (sulfide) groups is 2. The summed E-state index contributed by atoms with van der Waals surface area (Å²) in [5, 5.41) is 0. The van der Waals surface area contributed by atoms with Crippen LogP contribution in [0.1, 0.15) is 21.8 Å². The van der Waals surface area contributed by atoms with Crippen molar-refractivity contribution in [1.29, 1.82) is 0 Å². The second kappa shape index (κ2) is 5.85. The summed E-state index contributed by atoms with van der Waals surface area (Å²) >= 11 is 3.79. The van der Waals surface area contributed by atoms with E-state index in [-0.39, 0.29) is 0 Å². The fraction of sp³-hybridized carbons (Fsp3) is 0.188. The summed E-state index contributed by atoms with van der Waals surface area (Å²) in [7, 11) is 0. The Balaban J connectivity index is 1.69. The van der Waals surface area contributed by atoms with E-state index in [4.69, 9.17) is 0 Å². The lowest BCUT2D eigenvalue weighted by Gasteiger charge is -2.10. The molecule has 3 heteroatoms. The molecule has 96 valence electrons. The molecule has 0 radical (unpaired) electrons. The van der Waals surface area contributed by atoms with E-state index in [9.17, 15) is 4.79 Å². The lowest BCUT2D eigenvalue weighted by atomic mass is 10.0. The van der Waals surface area contributed by atoms with Gasteiger partial charge in [-0.05, 0) is 23.8 Å². The largest absolute Gasteiger partial charge is 0.298 e. The van der Waals surface area contributed by atoms with Crippen molar-refractivity contribution >= 4 is 29.8 Å². The Kier molecular flexibility index (Phi) is 3.95. The quantitative estimate of drug-likeness (QED) is 0.609. The number of rotatable bonds is 4. The van der Waals surface area contributed by atoms with Crippen LogP contribution in [-0.2, 0) is 0 Å². The summed E-state index contributed by atoms with van der Waals surface area (Å²) in [5.41, 5.74) is 2.23. The molecule has 0 N–H and O–H groups in total. The van der Waals surface area contributed by atoms with Crippen molar-refractivity contribution in [3.8, 4) is 0 Å². The Morgan fingerprint density at radius 3 is 3.00 bits per heavy atom. The smallest absolute Gasteiger partial charge is 0.150 e. The molecule has 0 saturated heterocycles. The van der Waals surface area contributed by atoms with Crippen LogP contribution in [0, 0.1) is 0 Å². The lowest BCUT2D eigenvalue weighted by Crippen LogP contribution is -2.00. The highest BCUT2D eigenvalue weighted by atomic mass is 32.2. The van der Waals surface area contributed by atoms with Gasteiger partial charge in [-0.1, -0.05) is 30.3 Å². The third-order valence-corrected chi connectivity index (χ3v) is 5.65. The Morgan fingerprint density at radius 1 is 1.21 bits per heavy atom. The minimum absolute atomic E-state index is 0.617. The fourth-order valence-corrected chi connectivity index (χ4v) is 4.73.